The van der Waals surface area contributed by atoms with Gasteiger partial charge in [-0.3, -0.25) is 4.90 Å². The Morgan fingerprint density at radius 2 is 2.10 bits per heavy atom. The van der Waals surface area contributed by atoms with E-state index in [0.717, 1.165) is 19.4 Å². The highest BCUT2D eigenvalue weighted by molar-refractivity contribution is 7.11. The molecule has 3 rings (SSSR count). The number of fused-ring (bicyclic) bond motifs is 1. The molecule has 0 radical (unpaired) electrons. The van der Waals surface area contributed by atoms with Gasteiger partial charge in [-0.15, -0.1) is 11.3 Å². The molecular weight excluding hydrogens is 280 g/mol. The molecule has 1 N–H and O–H groups in total. The van der Waals surface area contributed by atoms with Crippen LogP contribution in [0.5, 0.6) is 0 Å². The van der Waals surface area contributed by atoms with Gasteiger partial charge in [-0.1, -0.05) is 30.3 Å². The summed E-state index contributed by atoms with van der Waals surface area (Å²) in [6.07, 6.45) is 4.37. The monoisotopic (exact) mass is 302 g/mol. The third kappa shape index (κ3) is 3.34. The summed E-state index contributed by atoms with van der Waals surface area (Å²) in [5.41, 5.74) is 2.58. The van der Waals surface area contributed by atoms with Crippen molar-refractivity contribution in [3.05, 3.63) is 51.5 Å². The highest BCUT2D eigenvalue weighted by Gasteiger charge is 2.21. The summed E-state index contributed by atoms with van der Waals surface area (Å²) in [7, 11) is 2.12. The van der Waals surface area contributed by atoms with Crippen molar-refractivity contribution in [2.45, 2.75) is 38.3 Å². The van der Waals surface area contributed by atoms with Crippen LogP contribution in [0.4, 0.5) is 0 Å². The van der Waals surface area contributed by atoms with E-state index in [4.69, 9.17) is 4.98 Å². The largest absolute Gasteiger partial charge is 0.396 e. The summed E-state index contributed by atoms with van der Waals surface area (Å²) in [6, 6.07) is 10.7. The number of benzene rings is 1. The highest BCUT2D eigenvalue weighted by Crippen LogP contribution is 2.30. The van der Waals surface area contributed by atoms with Crippen LogP contribution in [0.3, 0.4) is 0 Å². The van der Waals surface area contributed by atoms with E-state index in [1.54, 1.807) is 0 Å². The SMILES string of the molecule is CN(Cc1nc2c(s1)CCC2)[C@@H](CCO)c1ccccc1. The number of thiazole rings is 1. The van der Waals surface area contributed by atoms with Gasteiger partial charge < -0.3 is 5.11 Å². The number of nitrogens with zero attached hydrogens (tertiary/aromatic N) is 2. The number of aliphatic hydroxyl groups is 1. The molecule has 0 amide bonds. The first-order valence-electron chi connectivity index (χ1n) is 7.61. The Labute approximate surface area is 130 Å². The normalized spacial score (nSPS) is 15.4. The van der Waals surface area contributed by atoms with Gasteiger partial charge in [0, 0.05) is 17.5 Å². The van der Waals surface area contributed by atoms with Gasteiger partial charge in [0.05, 0.1) is 12.2 Å². The Hall–Kier alpha value is -1.23. The van der Waals surface area contributed by atoms with Crippen molar-refractivity contribution in [3.8, 4) is 0 Å². The molecule has 0 aliphatic heterocycles. The van der Waals surface area contributed by atoms with Crippen molar-refractivity contribution in [2.75, 3.05) is 13.7 Å². The van der Waals surface area contributed by atoms with Gasteiger partial charge in [-0.05, 0) is 38.3 Å². The predicted molar refractivity (Wildman–Crippen MR) is 86.5 cm³/mol. The summed E-state index contributed by atoms with van der Waals surface area (Å²) < 4.78 is 0. The van der Waals surface area contributed by atoms with E-state index in [0.29, 0.717) is 0 Å². The summed E-state index contributed by atoms with van der Waals surface area (Å²) in [5.74, 6) is 0. The minimum Gasteiger partial charge on any atom is -0.396 e. The van der Waals surface area contributed by atoms with Crippen molar-refractivity contribution < 1.29 is 5.11 Å². The Kier molecular flexibility index (Phi) is 4.68. The Balaban J connectivity index is 1.73. The molecule has 2 aromatic rings. The first-order chi connectivity index (χ1) is 10.3. The number of hydrogen-bond donors (Lipinski definition) is 1. The molecule has 0 bridgehead atoms. The van der Waals surface area contributed by atoms with Crippen LogP contribution < -0.4 is 0 Å². The van der Waals surface area contributed by atoms with Crippen molar-refractivity contribution in [1.29, 1.82) is 0 Å². The van der Waals surface area contributed by atoms with Crippen molar-refractivity contribution >= 4 is 11.3 Å². The molecule has 1 aliphatic rings. The third-order valence-electron chi connectivity index (χ3n) is 4.14. The van der Waals surface area contributed by atoms with Crippen LogP contribution in [0.25, 0.3) is 0 Å². The molecule has 0 fully saturated rings. The van der Waals surface area contributed by atoms with Crippen LogP contribution in [-0.4, -0.2) is 28.6 Å². The number of rotatable bonds is 6. The molecule has 1 aliphatic carbocycles. The zero-order valence-corrected chi connectivity index (χ0v) is 13.3. The lowest BCUT2D eigenvalue weighted by molar-refractivity contribution is 0.180. The van der Waals surface area contributed by atoms with Gasteiger partial charge in [0.2, 0.25) is 0 Å². The highest BCUT2D eigenvalue weighted by atomic mass is 32.1. The molecule has 0 saturated heterocycles. The maximum absolute atomic E-state index is 9.37. The molecule has 1 atom stereocenters. The van der Waals surface area contributed by atoms with E-state index >= 15 is 0 Å². The maximum atomic E-state index is 9.37. The second-order valence-electron chi connectivity index (χ2n) is 5.68. The molecule has 0 saturated carbocycles. The van der Waals surface area contributed by atoms with Crippen LogP contribution in [0.1, 0.15) is 40.0 Å². The number of aliphatic hydroxyl groups excluding tert-OH is 1. The second kappa shape index (κ2) is 6.69. The topological polar surface area (TPSA) is 36.4 Å². The molecule has 112 valence electrons. The molecule has 1 aromatic carbocycles. The Bertz CT molecular complexity index is 560. The van der Waals surface area contributed by atoms with E-state index in [2.05, 4.69) is 36.2 Å². The minimum atomic E-state index is 0.207. The Morgan fingerprint density at radius 1 is 1.29 bits per heavy atom. The van der Waals surface area contributed by atoms with Crippen LogP contribution in [0.2, 0.25) is 0 Å². The van der Waals surface area contributed by atoms with Crippen molar-refractivity contribution in [2.24, 2.45) is 0 Å². The molecule has 1 heterocycles. The average Bonchev–Trinajstić information content (AvgIpc) is 3.06. The number of aryl methyl sites for hydroxylation is 2. The number of hydrogen-bond acceptors (Lipinski definition) is 4. The van der Waals surface area contributed by atoms with Crippen molar-refractivity contribution in [3.63, 3.8) is 0 Å². The van der Waals surface area contributed by atoms with Crippen LogP contribution in [-0.2, 0) is 19.4 Å². The fourth-order valence-corrected chi connectivity index (χ4v) is 4.29. The van der Waals surface area contributed by atoms with Gasteiger partial charge in [-0.2, -0.15) is 0 Å². The molecule has 0 spiro atoms. The molecule has 21 heavy (non-hydrogen) atoms. The van der Waals surface area contributed by atoms with Crippen molar-refractivity contribution in [1.82, 2.24) is 9.88 Å². The molecule has 4 heteroatoms. The van der Waals surface area contributed by atoms with Gasteiger partial charge in [0.1, 0.15) is 5.01 Å². The van der Waals surface area contributed by atoms with Gasteiger partial charge in [-0.25, -0.2) is 4.98 Å². The van der Waals surface area contributed by atoms with Gasteiger partial charge in [0.25, 0.3) is 0 Å². The number of aromatic nitrogens is 1. The molecule has 3 nitrogen and oxygen atoms in total. The van der Waals surface area contributed by atoms with E-state index in [1.165, 1.54) is 34.0 Å². The zero-order valence-electron chi connectivity index (χ0n) is 12.5. The van der Waals surface area contributed by atoms with E-state index in [1.807, 2.05) is 17.4 Å². The minimum absolute atomic E-state index is 0.207. The lowest BCUT2D eigenvalue weighted by Gasteiger charge is -2.27. The average molecular weight is 302 g/mol. The fourth-order valence-electron chi connectivity index (χ4n) is 3.07. The summed E-state index contributed by atoms with van der Waals surface area (Å²) in [6.45, 7) is 1.06. The first-order valence-corrected chi connectivity index (χ1v) is 8.43. The van der Waals surface area contributed by atoms with E-state index in [9.17, 15) is 5.11 Å². The lowest BCUT2D eigenvalue weighted by Crippen LogP contribution is -2.25. The van der Waals surface area contributed by atoms with Gasteiger partial charge >= 0.3 is 0 Å². The second-order valence-corrected chi connectivity index (χ2v) is 6.85. The summed E-state index contributed by atoms with van der Waals surface area (Å²) in [5, 5.41) is 10.6. The lowest BCUT2D eigenvalue weighted by atomic mass is 10.0. The van der Waals surface area contributed by atoms with E-state index in [-0.39, 0.29) is 12.6 Å². The Morgan fingerprint density at radius 3 is 2.81 bits per heavy atom. The molecular formula is C17H22N2OS. The molecule has 0 unspecified atom stereocenters. The van der Waals surface area contributed by atoms with Crippen LogP contribution in [0.15, 0.2) is 30.3 Å². The zero-order chi connectivity index (χ0) is 14.7. The standard InChI is InChI=1S/C17H22N2OS/c1-19(12-17-18-14-8-5-9-16(14)21-17)15(10-11-20)13-6-3-2-4-7-13/h2-4,6-7,15,20H,5,8-12H2,1H3/t15-/m0/s1. The third-order valence-corrected chi connectivity index (χ3v) is 5.29. The quantitative estimate of drug-likeness (QED) is 0.890. The smallest absolute Gasteiger partial charge is 0.107 e. The maximum Gasteiger partial charge on any atom is 0.107 e. The van der Waals surface area contributed by atoms with Crippen LogP contribution >= 0.6 is 11.3 Å². The van der Waals surface area contributed by atoms with Crippen LogP contribution in [0, 0.1) is 0 Å². The molecule has 1 aromatic heterocycles. The first kappa shape index (κ1) is 14.7. The predicted octanol–water partition coefficient (Wildman–Crippen LogP) is 3.19. The fraction of sp³-hybridized carbons (Fsp3) is 0.471. The van der Waals surface area contributed by atoms with E-state index < -0.39 is 0 Å². The summed E-state index contributed by atoms with van der Waals surface area (Å²) in [4.78, 5) is 8.57. The summed E-state index contributed by atoms with van der Waals surface area (Å²) >= 11 is 1.87. The van der Waals surface area contributed by atoms with Gasteiger partial charge in [0.15, 0.2) is 0 Å².